The molecule has 4 nitrogen and oxygen atoms in total. The molecule has 0 spiro atoms. The molecule has 0 N–H and O–H groups in total. The Morgan fingerprint density at radius 2 is 1.04 bits per heavy atom. The van der Waals surface area contributed by atoms with Gasteiger partial charge in [-0.15, -0.1) is 18.2 Å². The van der Waals surface area contributed by atoms with Crippen molar-refractivity contribution in [1.82, 2.24) is 0 Å². The van der Waals surface area contributed by atoms with Gasteiger partial charge in [0.2, 0.25) is 0 Å². The third kappa shape index (κ3) is 23.4. The molecule has 0 aliphatic rings. The Labute approximate surface area is 212 Å². The van der Waals surface area contributed by atoms with Gasteiger partial charge < -0.3 is 32.8 Å². The van der Waals surface area contributed by atoms with Crippen LogP contribution in [0.5, 0.6) is 0 Å². The first-order valence-electron chi connectivity index (χ1n) is 7.03. The van der Waals surface area contributed by atoms with Crippen molar-refractivity contribution in [2.45, 2.75) is 0 Å². The number of halogens is 3. The van der Waals surface area contributed by atoms with Crippen LogP contribution in [0, 0.1) is 37.4 Å². The molecule has 134 valence electrons. The van der Waals surface area contributed by atoms with Crippen LogP contribution in [0.3, 0.4) is 0 Å². The van der Waals surface area contributed by atoms with Crippen molar-refractivity contribution in [3.63, 3.8) is 0 Å². The van der Waals surface area contributed by atoms with Gasteiger partial charge in [-0.2, -0.15) is 0 Å². The van der Waals surface area contributed by atoms with E-state index in [9.17, 15) is 13.2 Å². The topological polar surface area (TPSA) is 36.9 Å². The van der Waals surface area contributed by atoms with Crippen LogP contribution >= 0.6 is 0 Å². The molecule has 0 aromatic heterocycles. The molecule has 25 heavy (non-hydrogen) atoms. The second-order valence-corrected chi connectivity index (χ2v) is 3.94. The maximum Gasteiger partial charge on any atom is 1.00 e. The van der Waals surface area contributed by atoms with Crippen LogP contribution in [0.4, 0.5) is 13.2 Å². The van der Waals surface area contributed by atoms with E-state index >= 15 is 0 Å². The molecule has 0 fully saturated rings. The van der Waals surface area contributed by atoms with Crippen molar-refractivity contribution in [3.05, 3.63) is 49.5 Å². The molecule has 0 aliphatic carbocycles. The quantitative estimate of drug-likeness (QED) is 0.222. The zero-order chi connectivity index (χ0) is 17.3. The van der Waals surface area contributed by atoms with Gasteiger partial charge in [0.05, 0.1) is 39.6 Å². The van der Waals surface area contributed by atoms with Gasteiger partial charge in [-0.05, 0) is 0 Å². The van der Waals surface area contributed by atoms with E-state index in [0.29, 0.717) is 65.0 Å². The molecule has 0 saturated heterocycles. The van der Waals surface area contributed by atoms with E-state index in [4.69, 9.17) is 18.9 Å². The molecule has 1 aromatic rings. The summed E-state index contributed by atoms with van der Waals surface area (Å²) in [4.78, 5) is 0. The van der Waals surface area contributed by atoms with Crippen LogP contribution in [0.1, 0.15) is 0 Å². The fraction of sp³-hybridized carbons (Fsp3) is 0.500. The molecule has 0 atom stereocenters. The first kappa shape index (κ1) is 31.2. The van der Waals surface area contributed by atoms with Crippen molar-refractivity contribution >= 4 is 0 Å². The molecular formula is C16H22F3KNaO4-. The Morgan fingerprint density at radius 3 is 1.32 bits per heavy atom. The summed E-state index contributed by atoms with van der Waals surface area (Å²) in [7, 11) is 0. The van der Waals surface area contributed by atoms with Gasteiger partial charge in [0.15, 0.2) is 0 Å². The van der Waals surface area contributed by atoms with Crippen LogP contribution < -0.4 is 80.9 Å². The van der Waals surface area contributed by atoms with E-state index in [2.05, 4.69) is 13.8 Å². The fourth-order valence-electron chi connectivity index (χ4n) is 1.23. The molecule has 0 amide bonds. The summed E-state index contributed by atoms with van der Waals surface area (Å²) in [5.41, 5.74) is 0. The van der Waals surface area contributed by atoms with Crippen LogP contribution in [-0.4, -0.2) is 52.9 Å². The smallest absolute Gasteiger partial charge is 0.411 e. The van der Waals surface area contributed by atoms with E-state index in [1.165, 1.54) is 0 Å². The maximum atomic E-state index is 11.9. The molecule has 0 unspecified atom stereocenters. The van der Waals surface area contributed by atoms with Gasteiger partial charge in [0, 0.05) is 17.5 Å². The Hall–Kier alpha value is 1.49. The zero-order valence-corrected chi connectivity index (χ0v) is 20.1. The van der Waals surface area contributed by atoms with Crippen LogP contribution in [0.2, 0.25) is 0 Å². The van der Waals surface area contributed by atoms with Crippen molar-refractivity contribution in [3.8, 4) is 0 Å². The van der Waals surface area contributed by atoms with Crippen molar-refractivity contribution in [2.24, 2.45) is 0 Å². The monoisotopic (exact) mass is 397 g/mol. The predicted molar refractivity (Wildman–Crippen MR) is 79.1 cm³/mol. The minimum Gasteiger partial charge on any atom is -0.411 e. The van der Waals surface area contributed by atoms with Gasteiger partial charge in [-0.3, -0.25) is 0 Å². The number of hydrogen-bond acceptors (Lipinski definition) is 4. The summed E-state index contributed by atoms with van der Waals surface area (Å²) in [6.45, 7) is 11.6. The third-order valence-electron chi connectivity index (χ3n) is 2.17. The summed E-state index contributed by atoms with van der Waals surface area (Å²) in [5, 5.41) is 0. The molecule has 0 aliphatic heterocycles. The number of ether oxygens (including phenoxy) is 4. The Kier molecular flexibility index (Phi) is 29.3. The fourth-order valence-corrected chi connectivity index (χ4v) is 1.23. The average Bonchev–Trinajstić information content (AvgIpc) is 2.48. The predicted octanol–water partition coefficient (Wildman–Crippen LogP) is -3.37. The summed E-state index contributed by atoms with van der Waals surface area (Å²) >= 11 is 0. The maximum absolute atomic E-state index is 11.9. The molecule has 1 aromatic carbocycles. The van der Waals surface area contributed by atoms with Crippen molar-refractivity contribution < 1.29 is 113 Å². The first-order chi connectivity index (χ1) is 11.1. The Morgan fingerprint density at radius 1 is 0.720 bits per heavy atom. The summed E-state index contributed by atoms with van der Waals surface area (Å²) in [5.74, 6) is -2.97. The summed E-state index contributed by atoms with van der Waals surface area (Å²) in [6, 6.07) is 2.75. The SMILES string of the molecule is Fc1[c-]c(F)cc(F)c1.[CH2-]COCCOCCOCCOC[CH2-].[K+].[Na+]. The molecule has 0 heterocycles. The zero-order valence-electron chi connectivity index (χ0n) is 15.0. The third-order valence-corrected chi connectivity index (χ3v) is 2.17. The minimum atomic E-state index is -1.02. The van der Waals surface area contributed by atoms with Crippen molar-refractivity contribution in [1.29, 1.82) is 0 Å². The van der Waals surface area contributed by atoms with Gasteiger partial charge in [0.25, 0.3) is 0 Å². The number of rotatable bonds is 11. The number of hydrogen-bond donors (Lipinski definition) is 0. The molecule has 9 heteroatoms. The van der Waals surface area contributed by atoms with Crippen LogP contribution in [0.25, 0.3) is 0 Å². The Balaban J connectivity index is -0.000000384. The minimum absolute atomic E-state index is 0. The summed E-state index contributed by atoms with van der Waals surface area (Å²) in [6.07, 6.45) is 0. The standard InChI is InChI=1S/C10H20O4.C6H2F3.K.Na/c1-3-11-5-7-13-9-10-14-8-6-12-4-2;7-4-1-5(8)3-6(9)2-4;;/h1-10H2;1-2H;;/q-2;-1;2*+1. The number of benzene rings is 1. The molecule has 0 radical (unpaired) electrons. The van der Waals surface area contributed by atoms with E-state index in [0.717, 1.165) is 0 Å². The van der Waals surface area contributed by atoms with Crippen molar-refractivity contribution in [2.75, 3.05) is 52.9 Å². The van der Waals surface area contributed by atoms with Crippen LogP contribution in [-0.2, 0) is 18.9 Å². The van der Waals surface area contributed by atoms with E-state index in [-0.39, 0.29) is 80.9 Å². The van der Waals surface area contributed by atoms with Gasteiger partial charge in [-0.25, -0.2) is 13.2 Å². The molecular weight excluding hydrogens is 375 g/mol. The van der Waals surface area contributed by atoms with E-state index in [1.807, 2.05) is 0 Å². The second kappa shape index (κ2) is 23.5. The van der Waals surface area contributed by atoms with E-state index < -0.39 is 17.5 Å². The average molecular weight is 397 g/mol. The van der Waals surface area contributed by atoms with Gasteiger partial charge in [-0.1, -0.05) is 13.2 Å². The Bertz CT molecular complexity index is 341. The van der Waals surface area contributed by atoms with E-state index in [1.54, 1.807) is 6.07 Å². The van der Waals surface area contributed by atoms with Crippen LogP contribution in [0.15, 0.2) is 12.1 Å². The normalized spacial score (nSPS) is 9.48. The largest absolute Gasteiger partial charge is 1.00 e. The second-order valence-electron chi connectivity index (χ2n) is 3.94. The molecule has 1 rings (SSSR count). The summed E-state index contributed by atoms with van der Waals surface area (Å²) < 4.78 is 56.1. The van der Waals surface area contributed by atoms with Gasteiger partial charge in [0.1, 0.15) is 0 Å². The van der Waals surface area contributed by atoms with Gasteiger partial charge >= 0.3 is 80.9 Å². The first-order valence-corrected chi connectivity index (χ1v) is 7.03. The molecule has 0 bridgehead atoms. The molecule has 0 saturated carbocycles.